The molecule has 0 unspecified atom stereocenters. The third-order valence-electron chi connectivity index (χ3n) is 4.12. The van der Waals surface area contributed by atoms with Crippen molar-refractivity contribution in [2.75, 3.05) is 0 Å². The van der Waals surface area contributed by atoms with E-state index in [2.05, 4.69) is 4.98 Å². The quantitative estimate of drug-likeness (QED) is 0.305. The molecule has 0 bridgehead atoms. The van der Waals surface area contributed by atoms with Crippen molar-refractivity contribution in [2.45, 2.75) is 0 Å². The van der Waals surface area contributed by atoms with Crippen molar-refractivity contribution >= 4 is 22.4 Å². The van der Waals surface area contributed by atoms with E-state index in [1.54, 1.807) is 24.3 Å². The molecule has 9 heteroatoms. The number of hydrogen-bond donors (Lipinski definition) is 0. The smallest absolute Gasteiger partial charge is 0.268 e. The van der Waals surface area contributed by atoms with Crippen LogP contribution in [0.2, 0.25) is 0 Å². The number of rotatable bonds is 2. The molecule has 0 atom stereocenters. The fraction of sp³-hybridized carbons (Fsp3) is 0. The van der Waals surface area contributed by atoms with Gasteiger partial charge in [0.05, 0.1) is 16.0 Å². The van der Waals surface area contributed by atoms with Crippen LogP contribution in [0.25, 0.3) is 22.4 Å². The van der Waals surface area contributed by atoms with Crippen LogP contribution in [0, 0.1) is 21.4 Å². The van der Waals surface area contributed by atoms with Gasteiger partial charge in [-0.1, -0.05) is 6.07 Å². The molecular weight excluding hydrogens is 350 g/mol. The van der Waals surface area contributed by atoms with E-state index in [9.17, 15) is 25.0 Å². The molecular formula is C18H9N5O4. The van der Waals surface area contributed by atoms with E-state index in [0.29, 0.717) is 5.65 Å². The average Bonchev–Trinajstić information content (AvgIpc) is 2.68. The summed E-state index contributed by atoms with van der Waals surface area (Å²) in [6.07, 6.45) is 1.54. The van der Waals surface area contributed by atoms with Gasteiger partial charge >= 0.3 is 0 Å². The van der Waals surface area contributed by atoms with Crippen LogP contribution in [0.3, 0.4) is 0 Å². The van der Waals surface area contributed by atoms with Crippen LogP contribution in [0.15, 0.2) is 64.3 Å². The van der Waals surface area contributed by atoms with Crippen LogP contribution in [-0.4, -0.2) is 18.9 Å². The minimum absolute atomic E-state index is 0.0732. The van der Waals surface area contributed by atoms with Crippen LogP contribution >= 0.6 is 0 Å². The summed E-state index contributed by atoms with van der Waals surface area (Å²) in [5, 5.41) is 20.2. The Morgan fingerprint density at radius 3 is 2.48 bits per heavy atom. The van der Waals surface area contributed by atoms with Crippen LogP contribution in [0.5, 0.6) is 0 Å². The summed E-state index contributed by atoms with van der Waals surface area (Å²) in [6.45, 7) is 0. The highest BCUT2D eigenvalue weighted by Gasteiger charge is 2.16. The zero-order valence-electron chi connectivity index (χ0n) is 13.6. The predicted octanol–water partition coefficient (Wildman–Crippen LogP) is 1.78. The molecule has 0 aliphatic rings. The van der Waals surface area contributed by atoms with Gasteiger partial charge < -0.3 is 0 Å². The molecule has 3 heterocycles. The lowest BCUT2D eigenvalue weighted by molar-refractivity contribution is -0.384. The summed E-state index contributed by atoms with van der Waals surface area (Å²) < 4.78 is 2.43. The van der Waals surface area contributed by atoms with Gasteiger partial charge in [-0.15, -0.1) is 0 Å². The number of benzene rings is 1. The summed E-state index contributed by atoms with van der Waals surface area (Å²) in [5.41, 5.74) is -0.797. The van der Waals surface area contributed by atoms with Crippen LogP contribution in [0.4, 0.5) is 5.69 Å². The van der Waals surface area contributed by atoms with E-state index in [1.165, 1.54) is 40.9 Å². The van der Waals surface area contributed by atoms with Gasteiger partial charge in [0.1, 0.15) is 17.3 Å². The van der Waals surface area contributed by atoms with Gasteiger partial charge in [-0.3, -0.25) is 28.7 Å². The third kappa shape index (κ3) is 2.44. The van der Waals surface area contributed by atoms with E-state index < -0.39 is 16.0 Å². The maximum absolute atomic E-state index is 12.8. The Hall–Kier alpha value is -4.32. The van der Waals surface area contributed by atoms with E-state index in [0.717, 1.165) is 4.57 Å². The Kier molecular flexibility index (Phi) is 3.53. The first-order valence-electron chi connectivity index (χ1n) is 7.73. The highest BCUT2D eigenvalue weighted by Crippen LogP contribution is 2.18. The first-order chi connectivity index (χ1) is 13.0. The van der Waals surface area contributed by atoms with Crippen LogP contribution in [-0.2, 0) is 0 Å². The molecule has 3 aromatic heterocycles. The Morgan fingerprint density at radius 2 is 1.81 bits per heavy atom. The third-order valence-corrected chi connectivity index (χ3v) is 4.12. The van der Waals surface area contributed by atoms with Crippen LogP contribution < -0.4 is 11.1 Å². The second-order valence-corrected chi connectivity index (χ2v) is 5.67. The fourth-order valence-electron chi connectivity index (χ4n) is 2.85. The number of nitriles is 1. The van der Waals surface area contributed by atoms with E-state index in [4.69, 9.17) is 0 Å². The average molecular weight is 359 g/mol. The number of non-ortho nitro benzene ring substituents is 1. The molecule has 130 valence electrons. The maximum Gasteiger partial charge on any atom is 0.274 e. The number of fused-ring (bicyclic) bond motifs is 2. The number of hydrogen-bond acceptors (Lipinski definition) is 6. The van der Waals surface area contributed by atoms with Crippen molar-refractivity contribution < 1.29 is 4.92 Å². The van der Waals surface area contributed by atoms with Crippen molar-refractivity contribution in [1.82, 2.24) is 14.0 Å². The first kappa shape index (κ1) is 16.2. The molecule has 0 amide bonds. The summed E-state index contributed by atoms with van der Waals surface area (Å²) in [7, 11) is 0. The van der Waals surface area contributed by atoms with Crippen LogP contribution in [0.1, 0.15) is 5.56 Å². The lowest BCUT2D eigenvalue weighted by Gasteiger charge is -2.11. The molecule has 4 aromatic rings. The summed E-state index contributed by atoms with van der Waals surface area (Å²) in [5.74, 6) is 0. The van der Waals surface area contributed by atoms with E-state index in [-0.39, 0.29) is 28.0 Å². The Morgan fingerprint density at radius 1 is 1.07 bits per heavy atom. The van der Waals surface area contributed by atoms with Crippen molar-refractivity contribution in [3.63, 3.8) is 0 Å². The Balaban J connectivity index is 2.17. The van der Waals surface area contributed by atoms with Crippen molar-refractivity contribution in [2.24, 2.45) is 0 Å². The first-order valence-corrected chi connectivity index (χ1v) is 7.73. The lowest BCUT2D eigenvalue weighted by atomic mass is 10.2. The topological polar surface area (TPSA) is 123 Å². The largest absolute Gasteiger partial charge is 0.274 e. The number of nitro benzene ring substituents is 1. The number of nitrogens with zero attached hydrogens (tertiary/aromatic N) is 5. The SMILES string of the molecule is N#Cc1cc2c(=O)n3ccccc3nc2n(-c2ccc([N+](=O)[O-])cc2)c1=O. The van der Waals surface area contributed by atoms with E-state index in [1.807, 2.05) is 0 Å². The maximum atomic E-state index is 12.8. The van der Waals surface area contributed by atoms with Gasteiger partial charge in [0.15, 0.2) is 5.65 Å². The lowest BCUT2D eigenvalue weighted by Crippen LogP contribution is -2.26. The standard InChI is InChI=1S/C18H9N5O4/c19-10-11-9-14-16(20-15-3-1-2-8-21(15)18(14)25)22(17(11)24)12-4-6-13(7-5-12)23(26)27/h1-9H. The highest BCUT2D eigenvalue weighted by molar-refractivity contribution is 5.79. The Bertz CT molecular complexity index is 1390. The zero-order chi connectivity index (χ0) is 19.1. The minimum Gasteiger partial charge on any atom is -0.268 e. The zero-order valence-corrected chi connectivity index (χ0v) is 13.6. The van der Waals surface area contributed by atoms with Gasteiger partial charge in [0.25, 0.3) is 16.8 Å². The molecule has 0 aliphatic heterocycles. The van der Waals surface area contributed by atoms with Crippen molar-refractivity contribution in [3.8, 4) is 11.8 Å². The molecule has 0 fully saturated rings. The summed E-state index contributed by atoms with van der Waals surface area (Å²) >= 11 is 0. The Labute approximate surface area is 150 Å². The van der Waals surface area contributed by atoms with Gasteiger partial charge in [-0.05, 0) is 30.3 Å². The van der Waals surface area contributed by atoms with Gasteiger partial charge in [0.2, 0.25) is 0 Å². The highest BCUT2D eigenvalue weighted by atomic mass is 16.6. The molecule has 0 radical (unpaired) electrons. The molecule has 27 heavy (non-hydrogen) atoms. The molecule has 0 spiro atoms. The van der Waals surface area contributed by atoms with Gasteiger partial charge in [0, 0.05) is 18.3 Å². The van der Waals surface area contributed by atoms with Gasteiger partial charge in [-0.2, -0.15) is 5.26 Å². The molecule has 0 N–H and O–H groups in total. The van der Waals surface area contributed by atoms with Crippen molar-refractivity contribution in [1.29, 1.82) is 5.26 Å². The number of aromatic nitrogens is 3. The molecule has 0 saturated carbocycles. The molecule has 0 saturated heterocycles. The van der Waals surface area contributed by atoms with Crippen molar-refractivity contribution in [3.05, 3.63) is 91.1 Å². The number of pyridine rings is 2. The minimum atomic E-state index is -0.661. The second kappa shape index (κ2) is 5.89. The summed E-state index contributed by atoms with van der Waals surface area (Å²) in [4.78, 5) is 40.2. The van der Waals surface area contributed by atoms with Gasteiger partial charge in [-0.25, -0.2) is 4.98 Å². The molecule has 9 nitrogen and oxygen atoms in total. The van der Waals surface area contributed by atoms with E-state index >= 15 is 0 Å². The molecule has 0 aliphatic carbocycles. The summed E-state index contributed by atoms with van der Waals surface area (Å²) in [6, 6.07) is 13.2. The normalized spacial score (nSPS) is 10.8. The predicted molar refractivity (Wildman–Crippen MR) is 95.9 cm³/mol. The fourth-order valence-corrected chi connectivity index (χ4v) is 2.85. The molecule has 4 rings (SSSR count). The monoisotopic (exact) mass is 359 g/mol. The molecule has 1 aromatic carbocycles. The second-order valence-electron chi connectivity index (χ2n) is 5.67. The number of nitro groups is 1.